The highest BCUT2D eigenvalue weighted by Crippen LogP contribution is 2.41. The van der Waals surface area contributed by atoms with E-state index in [-0.39, 0.29) is 11.7 Å². The van der Waals surface area contributed by atoms with E-state index in [9.17, 15) is 9.50 Å². The highest BCUT2D eigenvalue weighted by atomic mass is 19.1. The molecular formula is C11H13FO. The quantitative estimate of drug-likeness (QED) is 0.741. The van der Waals surface area contributed by atoms with E-state index in [4.69, 9.17) is 0 Å². The molecule has 2 rings (SSSR count). The lowest BCUT2D eigenvalue weighted by atomic mass is 10.0. The van der Waals surface area contributed by atoms with Gasteiger partial charge in [-0.3, -0.25) is 0 Å². The fraction of sp³-hybridized carbons (Fsp3) is 0.455. The topological polar surface area (TPSA) is 20.2 Å². The average Bonchev–Trinajstić information content (AvgIpc) is 2.91. The van der Waals surface area contributed by atoms with Gasteiger partial charge in [0, 0.05) is 5.56 Å². The monoisotopic (exact) mass is 180 g/mol. The number of aliphatic hydroxyl groups excluding tert-OH is 1. The molecule has 0 bridgehead atoms. The predicted octanol–water partition coefficient (Wildman–Crippen LogP) is 2.58. The van der Waals surface area contributed by atoms with Crippen LogP contribution < -0.4 is 0 Å². The van der Waals surface area contributed by atoms with Crippen LogP contribution in [0.4, 0.5) is 4.39 Å². The zero-order valence-electron chi connectivity index (χ0n) is 7.63. The van der Waals surface area contributed by atoms with Crippen LogP contribution in [0.3, 0.4) is 0 Å². The number of halogens is 1. The third-order valence-corrected chi connectivity index (χ3v) is 2.61. The van der Waals surface area contributed by atoms with Crippen LogP contribution in [0, 0.1) is 18.7 Å². The van der Waals surface area contributed by atoms with Crippen molar-refractivity contribution in [2.24, 2.45) is 5.92 Å². The molecule has 1 nitrogen and oxygen atoms in total. The average molecular weight is 180 g/mol. The Hall–Kier alpha value is -0.890. The molecule has 0 radical (unpaired) electrons. The first-order valence-corrected chi connectivity index (χ1v) is 4.63. The van der Waals surface area contributed by atoms with Gasteiger partial charge in [-0.2, -0.15) is 0 Å². The van der Waals surface area contributed by atoms with Crippen molar-refractivity contribution in [3.8, 4) is 0 Å². The number of rotatable bonds is 2. The van der Waals surface area contributed by atoms with Crippen LogP contribution in [0.25, 0.3) is 0 Å². The number of hydrogen-bond acceptors (Lipinski definition) is 1. The largest absolute Gasteiger partial charge is 0.388 e. The van der Waals surface area contributed by atoms with Crippen LogP contribution in [-0.2, 0) is 0 Å². The van der Waals surface area contributed by atoms with Gasteiger partial charge in [-0.15, -0.1) is 0 Å². The Morgan fingerprint density at radius 1 is 1.46 bits per heavy atom. The molecule has 0 saturated heterocycles. The Bertz CT molecular complexity index is 318. The van der Waals surface area contributed by atoms with Crippen LogP contribution in [-0.4, -0.2) is 5.11 Å². The third kappa shape index (κ3) is 1.59. The van der Waals surface area contributed by atoms with Crippen LogP contribution >= 0.6 is 0 Å². The lowest BCUT2D eigenvalue weighted by Gasteiger charge is -2.11. The van der Waals surface area contributed by atoms with Crippen LogP contribution in [0.15, 0.2) is 18.2 Å². The fourth-order valence-corrected chi connectivity index (χ4v) is 1.56. The first-order valence-electron chi connectivity index (χ1n) is 4.63. The van der Waals surface area contributed by atoms with Crippen molar-refractivity contribution in [1.29, 1.82) is 0 Å². The molecule has 1 aromatic carbocycles. The minimum Gasteiger partial charge on any atom is -0.388 e. The van der Waals surface area contributed by atoms with E-state index in [0.29, 0.717) is 11.1 Å². The van der Waals surface area contributed by atoms with Crippen LogP contribution in [0.2, 0.25) is 0 Å². The van der Waals surface area contributed by atoms with Gasteiger partial charge in [-0.25, -0.2) is 4.39 Å². The maximum Gasteiger partial charge on any atom is 0.131 e. The summed E-state index contributed by atoms with van der Waals surface area (Å²) in [4.78, 5) is 0. The van der Waals surface area contributed by atoms with Crippen molar-refractivity contribution in [2.75, 3.05) is 0 Å². The molecule has 1 unspecified atom stereocenters. The lowest BCUT2D eigenvalue weighted by molar-refractivity contribution is 0.149. The maximum absolute atomic E-state index is 13.5. The molecule has 70 valence electrons. The molecule has 2 heteroatoms. The predicted molar refractivity (Wildman–Crippen MR) is 48.8 cm³/mol. The minimum absolute atomic E-state index is 0.248. The first kappa shape index (κ1) is 8.70. The van der Waals surface area contributed by atoms with Gasteiger partial charge < -0.3 is 5.11 Å². The number of benzene rings is 1. The standard InChI is InChI=1S/C11H13FO/c1-7-3-2-4-9(10(7)12)11(13)8-5-6-8/h2-4,8,11,13H,5-6H2,1H3. The van der Waals surface area contributed by atoms with Gasteiger partial charge in [-0.1, -0.05) is 18.2 Å². The van der Waals surface area contributed by atoms with E-state index >= 15 is 0 Å². The summed E-state index contributed by atoms with van der Waals surface area (Å²) in [6, 6.07) is 5.18. The van der Waals surface area contributed by atoms with Gasteiger partial charge in [-0.05, 0) is 31.2 Å². The lowest BCUT2D eigenvalue weighted by Crippen LogP contribution is -2.03. The van der Waals surface area contributed by atoms with E-state index in [1.54, 1.807) is 25.1 Å². The summed E-state index contributed by atoms with van der Waals surface area (Å²) in [5.41, 5.74) is 1.07. The van der Waals surface area contributed by atoms with Gasteiger partial charge in [0.2, 0.25) is 0 Å². The van der Waals surface area contributed by atoms with Crippen molar-refractivity contribution in [3.05, 3.63) is 35.1 Å². The van der Waals surface area contributed by atoms with Crippen LogP contribution in [0.5, 0.6) is 0 Å². The number of hydrogen-bond donors (Lipinski definition) is 1. The minimum atomic E-state index is -0.597. The van der Waals surface area contributed by atoms with E-state index in [1.165, 1.54) is 0 Å². The van der Waals surface area contributed by atoms with E-state index < -0.39 is 6.10 Å². The molecule has 1 fully saturated rings. The highest BCUT2D eigenvalue weighted by molar-refractivity contribution is 5.27. The molecule has 1 saturated carbocycles. The Morgan fingerprint density at radius 2 is 2.15 bits per heavy atom. The first-order chi connectivity index (χ1) is 6.20. The third-order valence-electron chi connectivity index (χ3n) is 2.61. The molecule has 1 aliphatic rings. The van der Waals surface area contributed by atoms with Crippen molar-refractivity contribution >= 4 is 0 Å². The Morgan fingerprint density at radius 3 is 2.77 bits per heavy atom. The molecule has 0 heterocycles. The number of aliphatic hydroxyl groups is 1. The smallest absolute Gasteiger partial charge is 0.131 e. The zero-order valence-corrected chi connectivity index (χ0v) is 7.63. The van der Waals surface area contributed by atoms with Gasteiger partial charge >= 0.3 is 0 Å². The summed E-state index contributed by atoms with van der Waals surface area (Å²) in [7, 11) is 0. The van der Waals surface area contributed by atoms with Gasteiger partial charge in [0.1, 0.15) is 5.82 Å². The van der Waals surface area contributed by atoms with Gasteiger partial charge in [0.15, 0.2) is 0 Å². The van der Waals surface area contributed by atoms with Crippen molar-refractivity contribution in [3.63, 3.8) is 0 Å². The van der Waals surface area contributed by atoms with Crippen molar-refractivity contribution in [1.82, 2.24) is 0 Å². The summed E-state index contributed by atoms with van der Waals surface area (Å²) in [6.45, 7) is 1.72. The molecule has 13 heavy (non-hydrogen) atoms. The molecule has 0 aliphatic heterocycles. The normalized spacial score (nSPS) is 18.7. The Kier molecular flexibility index (Phi) is 2.08. The SMILES string of the molecule is Cc1cccc(C(O)C2CC2)c1F. The second-order valence-corrected chi connectivity index (χ2v) is 3.76. The number of aryl methyl sites for hydroxylation is 1. The van der Waals surface area contributed by atoms with Crippen molar-refractivity contribution < 1.29 is 9.50 Å². The van der Waals surface area contributed by atoms with E-state index in [2.05, 4.69) is 0 Å². The van der Waals surface area contributed by atoms with E-state index in [1.807, 2.05) is 0 Å². The van der Waals surface area contributed by atoms with Crippen molar-refractivity contribution in [2.45, 2.75) is 25.9 Å². The Balaban J connectivity index is 2.32. The molecule has 0 amide bonds. The molecular weight excluding hydrogens is 167 g/mol. The molecule has 1 atom stereocenters. The summed E-state index contributed by atoms with van der Waals surface area (Å²) >= 11 is 0. The van der Waals surface area contributed by atoms with Gasteiger partial charge in [0.05, 0.1) is 6.10 Å². The summed E-state index contributed by atoms with van der Waals surface area (Å²) < 4.78 is 13.5. The fourth-order valence-electron chi connectivity index (χ4n) is 1.56. The molecule has 1 aliphatic carbocycles. The summed E-state index contributed by atoms with van der Waals surface area (Å²) in [6.07, 6.45) is 1.45. The molecule has 0 spiro atoms. The summed E-state index contributed by atoms with van der Waals surface area (Å²) in [5, 5.41) is 9.73. The second-order valence-electron chi connectivity index (χ2n) is 3.76. The highest BCUT2D eigenvalue weighted by Gasteiger charge is 2.32. The molecule has 1 aromatic rings. The van der Waals surface area contributed by atoms with Crippen LogP contribution in [0.1, 0.15) is 30.1 Å². The van der Waals surface area contributed by atoms with E-state index in [0.717, 1.165) is 12.8 Å². The summed E-state index contributed by atoms with van der Waals surface area (Å²) in [5.74, 6) is 0.0400. The molecule has 0 aromatic heterocycles. The Labute approximate surface area is 77.2 Å². The molecule has 1 N–H and O–H groups in total. The maximum atomic E-state index is 13.5. The zero-order chi connectivity index (χ0) is 9.42. The second kappa shape index (κ2) is 3.11. The van der Waals surface area contributed by atoms with Gasteiger partial charge in [0.25, 0.3) is 0 Å².